The number of nitrogens with zero attached hydrogens (tertiary/aromatic N) is 4. The summed E-state index contributed by atoms with van der Waals surface area (Å²) < 4.78 is 67.4. The summed E-state index contributed by atoms with van der Waals surface area (Å²) in [4.78, 5) is 33.8. The molecule has 0 radical (unpaired) electrons. The standard InChI is InChI=1S/C36H39ClN6.C34H36ClN7.2C2HF3O2/c37-26-10-13-30-33(20-26)40-34-19-24-15-23(16-25(17-24)35(34)36(30)38)5-3-4-14-43-21-27(41-42-43)11-8-22-9-12-29-28-6-1-2-7-31(28)39-32(29)18-22;35-24-8-9-28-30(17-24)38-31-16-22-13-21(14-23(15-22)33(31)34(28)36)5-3-4-11-42-19-25(39-40-42)18-41-12-10-27-26-6-1-2-7-29(26)37-32(27)20-41;2*3-2(4,5)1(6)7/h1-2,6-7,10,13,15,20-22,24-25,39H,3-5,8-9,11-12,14,16-19H2,(H2,38,40);1-2,6-9,13,17,19,22-23,37H,3-5,10-12,14-16,18,20H2,(H2,36,38);2*(H,6,7)/p+3. The molecule has 0 fully saturated rings. The van der Waals surface area contributed by atoms with Crippen LogP contribution in [0.1, 0.15) is 145 Å². The summed E-state index contributed by atoms with van der Waals surface area (Å²) in [6, 6.07) is 29.4. The molecule has 6 aliphatic rings. The van der Waals surface area contributed by atoms with E-state index in [9.17, 15) is 26.3 Å². The highest BCUT2D eigenvalue weighted by Gasteiger charge is 2.39. The number of aromatic amines is 6. The zero-order chi connectivity index (χ0) is 69.3. The summed E-state index contributed by atoms with van der Waals surface area (Å²) in [5.74, 6) is -3.06. The number of unbranched alkanes of at least 4 members (excludes halogenated alkanes) is 2. The number of carbonyl (C=O) groups is 2. The Morgan fingerprint density at radius 3 is 1.62 bits per heavy atom. The van der Waals surface area contributed by atoms with Crippen LogP contribution in [0.4, 0.5) is 37.7 Å². The predicted molar refractivity (Wildman–Crippen MR) is 359 cm³/mol. The number of carbonyl (C=O) groups excluding carboxylic acids is 2. The third kappa shape index (κ3) is 16.0. The highest BCUT2D eigenvalue weighted by Crippen LogP contribution is 2.48. The maximum atomic E-state index is 10.5. The molecule has 6 unspecified atom stereocenters. The summed E-state index contributed by atoms with van der Waals surface area (Å²) in [5.41, 5.74) is 36.8. The second-order valence-corrected chi connectivity index (χ2v) is 28.5. The molecule has 0 amide bonds. The molecule has 25 heteroatoms. The van der Waals surface area contributed by atoms with Crippen molar-refractivity contribution in [1.29, 1.82) is 0 Å². The molecule has 16 rings (SSSR count). The molecule has 6 aromatic heterocycles. The van der Waals surface area contributed by atoms with Gasteiger partial charge in [-0.15, -0.1) is 0 Å². The monoisotopic (exact) mass is 1400 g/mol. The number of nitrogens with one attached hydrogen (secondary N) is 7. The minimum absolute atomic E-state index is 0.511. The fraction of sp³-hybridized carbons (Fsp3) is 0.405. The van der Waals surface area contributed by atoms with Crippen LogP contribution in [-0.2, 0) is 74.3 Å². The van der Waals surface area contributed by atoms with Gasteiger partial charge in [-0.2, -0.15) is 35.7 Å². The van der Waals surface area contributed by atoms with Crippen LogP contribution in [0.5, 0.6) is 0 Å². The molecule has 11 N–H and O–H groups in total. The number of halogens is 8. The lowest BCUT2D eigenvalue weighted by Gasteiger charge is -2.34. The highest BCUT2D eigenvalue weighted by atomic mass is 35.5. The van der Waals surface area contributed by atoms with Crippen molar-refractivity contribution in [1.82, 2.24) is 30.6 Å². The normalized spacial score (nSPS) is 19.8. The van der Waals surface area contributed by atoms with Gasteiger partial charge in [-0.3, -0.25) is 0 Å². The average Bonchev–Trinajstić information content (AvgIpc) is 1.67. The van der Waals surface area contributed by atoms with Crippen LogP contribution >= 0.6 is 23.2 Å². The van der Waals surface area contributed by atoms with Gasteiger partial charge in [0.1, 0.15) is 31.6 Å². The average molecular weight is 1400 g/mol. The van der Waals surface area contributed by atoms with Crippen LogP contribution in [0.2, 0.25) is 10.0 Å². The molecule has 7 heterocycles. The van der Waals surface area contributed by atoms with E-state index in [4.69, 9.17) is 54.5 Å². The SMILES string of the molecule is Nc1c2c([nH+]c3cc(Cl)ccc13)CC1C=C(CCCC[n+]3cc(CCC4CCc5c([nH]c6ccccc56)C4)n[nH]3)CC2C1.Nc1c2c([nH+]c3cc(Cl)ccc13)CC1C=C(CCCC[n+]3cc(C[NH+]4CCc5c([nH]c6ccccc56)C4)n[nH]3)CC2C1.O=C([O-])C(F)(F)F.O=C([O-])C(F)(F)F. The van der Waals surface area contributed by atoms with E-state index in [0.717, 1.165) is 145 Å². The zero-order valence-corrected chi connectivity index (χ0v) is 56.2. The van der Waals surface area contributed by atoms with Crippen LogP contribution in [0.15, 0.2) is 121 Å². The Kier molecular flexibility index (Phi) is 20.3. The Bertz CT molecular complexity index is 4680. The summed E-state index contributed by atoms with van der Waals surface area (Å²) in [6.45, 7) is 5.12. The first kappa shape index (κ1) is 68.7. The van der Waals surface area contributed by atoms with Gasteiger partial charge >= 0.3 is 12.4 Å². The van der Waals surface area contributed by atoms with Gasteiger partial charge in [-0.05, 0) is 167 Å². The number of benzene rings is 4. The van der Waals surface area contributed by atoms with Gasteiger partial charge in [0.25, 0.3) is 5.69 Å². The topological polar surface area (TPSA) is 262 Å². The lowest BCUT2D eigenvalue weighted by Crippen LogP contribution is -3.10. The molecule has 5 aliphatic carbocycles. The third-order valence-electron chi connectivity index (χ3n) is 20.7. The third-order valence-corrected chi connectivity index (χ3v) is 21.2. The van der Waals surface area contributed by atoms with Crippen LogP contribution < -0.4 is 45.9 Å². The number of fused-ring (bicyclic) bond motifs is 16. The number of alkyl halides is 6. The van der Waals surface area contributed by atoms with Crippen molar-refractivity contribution in [2.75, 3.05) is 18.0 Å². The number of hydrogen-bond donors (Lipinski definition) is 7. The van der Waals surface area contributed by atoms with Crippen molar-refractivity contribution in [3.05, 3.63) is 187 Å². The number of aromatic nitrogens is 10. The maximum Gasteiger partial charge on any atom is 0.430 e. The maximum absolute atomic E-state index is 10.5. The Morgan fingerprint density at radius 1 is 0.606 bits per heavy atom. The van der Waals surface area contributed by atoms with Crippen LogP contribution in [0, 0.1) is 17.8 Å². The van der Waals surface area contributed by atoms with Crippen LogP contribution in [0.3, 0.4) is 0 Å². The van der Waals surface area contributed by atoms with Crippen LogP contribution in [-0.4, -0.2) is 61.4 Å². The van der Waals surface area contributed by atoms with Crippen molar-refractivity contribution in [3.8, 4) is 0 Å². The second-order valence-electron chi connectivity index (χ2n) is 27.6. The highest BCUT2D eigenvalue weighted by molar-refractivity contribution is 6.31. The van der Waals surface area contributed by atoms with Gasteiger partial charge in [-0.1, -0.05) is 93.3 Å². The fourth-order valence-corrected chi connectivity index (χ4v) is 16.7. The lowest BCUT2D eigenvalue weighted by molar-refractivity contribution is -0.930. The molecular formula is C74H80Cl2F6N13O4+3. The Morgan fingerprint density at radius 2 is 1.09 bits per heavy atom. The molecule has 0 spiro atoms. The van der Waals surface area contributed by atoms with Crippen LogP contribution in [0.25, 0.3) is 43.6 Å². The van der Waals surface area contributed by atoms with Crippen molar-refractivity contribution in [2.45, 2.75) is 166 Å². The van der Waals surface area contributed by atoms with Gasteiger partial charge in [0.05, 0.1) is 34.4 Å². The van der Waals surface area contributed by atoms with Crippen molar-refractivity contribution < 1.29 is 70.4 Å². The second kappa shape index (κ2) is 29.2. The minimum atomic E-state index is -5.19. The first-order valence-corrected chi connectivity index (χ1v) is 35.0. The smallest absolute Gasteiger partial charge is 0.430 e. The van der Waals surface area contributed by atoms with Crippen molar-refractivity contribution in [2.24, 2.45) is 17.8 Å². The van der Waals surface area contributed by atoms with Gasteiger partial charge in [-0.25, -0.2) is 9.97 Å². The van der Waals surface area contributed by atoms with E-state index in [1.807, 2.05) is 24.3 Å². The molecule has 0 saturated heterocycles. The Balaban J connectivity index is 0.000000149. The number of carboxylic acids is 2. The summed E-state index contributed by atoms with van der Waals surface area (Å²) in [6.07, 6.45) is 20.0. The molecule has 17 nitrogen and oxygen atoms in total. The van der Waals surface area contributed by atoms with Crippen molar-refractivity contribution >= 4 is 90.1 Å². The molecule has 1 aliphatic heterocycles. The van der Waals surface area contributed by atoms with Gasteiger partial charge < -0.3 is 46.1 Å². The fourth-order valence-electron chi connectivity index (χ4n) is 16.4. The first-order valence-electron chi connectivity index (χ1n) is 34.2. The number of para-hydroxylation sites is 2. The van der Waals surface area contributed by atoms with E-state index >= 15 is 0 Å². The predicted octanol–water partition coefficient (Wildman–Crippen LogP) is 9.93. The number of anilines is 2. The number of pyridine rings is 2. The van der Waals surface area contributed by atoms with E-state index in [2.05, 4.69) is 135 Å². The molecule has 99 heavy (non-hydrogen) atoms. The molecule has 4 aromatic carbocycles. The molecule has 4 bridgehead atoms. The number of aryl methyl sites for hydroxylation is 4. The number of allylic oxidation sites excluding steroid dienone is 4. The minimum Gasteiger partial charge on any atom is -0.542 e. The van der Waals surface area contributed by atoms with E-state index in [-0.39, 0.29) is 0 Å². The number of nitrogen functional groups attached to an aromatic ring is 2. The lowest BCUT2D eigenvalue weighted by atomic mass is 9.70. The van der Waals surface area contributed by atoms with Gasteiger partial charge in [0.15, 0.2) is 30.3 Å². The number of aliphatic carboxylic acids is 2. The summed E-state index contributed by atoms with van der Waals surface area (Å²) in [5, 5.41) is 39.8. The number of carboxylic acid groups (broad SMARTS) is 2. The number of rotatable bonds is 15. The Hall–Kier alpha value is -8.80. The largest absolute Gasteiger partial charge is 0.542 e. The van der Waals surface area contributed by atoms with E-state index < -0.39 is 24.3 Å². The summed E-state index contributed by atoms with van der Waals surface area (Å²) >= 11 is 12.5. The molecule has 0 saturated carbocycles. The van der Waals surface area contributed by atoms with E-state index in [1.165, 1.54) is 125 Å². The molecule has 6 atom stereocenters. The van der Waals surface area contributed by atoms with Crippen molar-refractivity contribution in [3.63, 3.8) is 0 Å². The summed E-state index contributed by atoms with van der Waals surface area (Å²) in [7, 11) is 0. The Labute approximate surface area is 577 Å². The van der Waals surface area contributed by atoms with Gasteiger partial charge in [0, 0.05) is 96.7 Å². The first-order chi connectivity index (χ1) is 47.5. The molecular weight excluding hydrogens is 1320 g/mol. The molecule has 518 valence electrons. The van der Waals surface area contributed by atoms with Gasteiger partial charge in [0.2, 0.25) is 16.7 Å². The number of nitrogens with two attached hydrogens (primary N) is 2. The quantitative estimate of drug-likeness (QED) is 0.0224. The number of hydrogen-bond acceptors (Lipinski definition) is 8. The number of quaternary nitrogens is 1. The molecule has 10 aromatic rings. The van der Waals surface area contributed by atoms with E-state index in [0.29, 0.717) is 23.7 Å². The van der Waals surface area contributed by atoms with E-state index in [1.54, 1.807) is 21.6 Å². The zero-order valence-electron chi connectivity index (χ0n) is 54.6. The number of H-pyrrole nitrogens is 6.